The summed E-state index contributed by atoms with van der Waals surface area (Å²) in [7, 11) is 0. The lowest BCUT2D eigenvalue weighted by molar-refractivity contribution is -0.117. The Morgan fingerprint density at radius 1 is 1.10 bits per heavy atom. The molecule has 0 saturated carbocycles. The molecule has 2 aromatic rings. The standard InChI is InChI=1S/C23H29N3O2S/c1-16-13-14-26(19-7-5-6-8-20(19)29-16)21(27)15-24-18-11-9-17(10-12-18)22(28)25-23(2,3)4/h5-12,16,24H,13-15H2,1-4H3,(H,25,28). The monoisotopic (exact) mass is 411 g/mol. The number of anilines is 2. The van der Waals surface area contributed by atoms with Crippen LogP contribution in [-0.4, -0.2) is 35.7 Å². The fourth-order valence-electron chi connectivity index (χ4n) is 3.17. The van der Waals surface area contributed by atoms with Gasteiger partial charge < -0.3 is 15.5 Å². The summed E-state index contributed by atoms with van der Waals surface area (Å²) >= 11 is 1.82. The van der Waals surface area contributed by atoms with E-state index >= 15 is 0 Å². The summed E-state index contributed by atoms with van der Waals surface area (Å²) in [6.07, 6.45) is 0.961. The second kappa shape index (κ2) is 8.91. The van der Waals surface area contributed by atoms with E-state index in [1.807, 2.05) is 67.8 Å². The molecule has 0 spiro atoms. The number of para-hydroxylation sites is 1. The van der Waals surface area contributed by atoms with Gasteiger partial charge in [0, 0.05) is 33.5 Å². The molecule has 29 heavy (non-hydrogen) atoms. The van der Waals surface area contributed by atoms with Crippen LogP contribution in [0.3, 0.4) is 0 Å². The van der Waals surface area contributed by atoms with Crippen LogP contribution in [0.4, 0.5) is 11.4 Å². The predicted molar refractivity (Wildman–Crippen MR) is 121 cm³/mol. The number of thioether (sulfide) groups is 1. The van der Waals surface area contributed by atoms with Crippen LogP contribution in [0.2, 0.25) is 0 Å². The number of hydrogen-bond acceptors (Lipinski definition) is 4. The van der Waals surface area contributed by atoms with E-state index in [-0.39, 0.29) is 23.9 Å². The average molecular weight is 412 g/mol. The van der Waals surface area contributed by atoms with Crippen molar-refractivity contribution in [2.24, 2.45) is 0 Å². The Bertz CT molecular complexity index is 874. The van der Waals surface area contributed by atoms with E-state index < -0.39 is 0 Å². The highest BCUT2D eigenvalue weighted by Gasteiger charge is 2.23. The van der Waals surface area contributed by atoms with Crippen LogP contribution in [0.15, 0.2) is 53.4 Å². The van der Waals surface area contributed by atoms with E-state index in [1.54, 1.807) is 12.1 Å². The van der Waals surface area contributed by atoms with E-state index in [0.717, 1.165) is 29.2 Å². The van der Waals surface area contributed by atoms with Crippen LogP contribution in [0.25, 0.3) is 0 Å². The number of hydrogen-bond donors (Lipinski definition) is 2. The van der Waals surface area contributed by atoms with Crippen LogP contribution < -0.4 is 15.5 Å². The molecule has 0 bridgehead atoms. The van der Waals surface area contributed by atoms with E-state index in [0.29, 0.717) is 10.8 Å². The van der Waals surface area contributed by atoms with Gasteiger partial charge in [0.25, 0.3) is 5.91 Å². The minimum Gasteiger partial charge on any atom is -0.376 e. The molecule has 0 aliphatic carbocycles. The third kappa shape index (κ3) is 5.76. The highest BCUT2D eigenvalue weighted by molar-refractivity contribution is 8.00. The average Bonchev–Trinajstić information content (AvgIpc) is 2.83. The molecule has 0 fully saturated rings. The minimum atomic E-state index is -0.278. The van der Waals surface area contributed by atoms with Crippen molar-refractivity contribution in [2.75, 3.05) is 23.3 Å². The fraction of sp³-hybridized carbons (Fsp3) is 0.391. The zero-order valence-corrected chi connectivity index (χ0v) is 18.3. The molecule has 1 unspecified atom stereocenters. The highest BCUT2D eigenvalue weighted by atomic mass is 32.2. The summed E-state index contributed by atoms with van der Waals surface area (Å²) in [5, 5.41) is 6.61. The Balaban J connectivity index is 1.63. The quantitative estimate of drug-likeness (QED) is 0.775. The topological polar surface area (TPSA) is 61.4 Å². The number of carbonyl (C=O) groups excluding carboxylic acids is 2. The van der Waals surface area contributed by atoms with Gasteiger partial charge in [0.15, 0.2) is 0 Å². The van der Waals surface area contributed by atoms with E-state index in [2.05, 4.69) is 23.6 Å². The summed E-state index contributed by atoms with van der Waals surface area (Å²) in [4.78, 5) is 28.2. The van der Waals surface area contributed by atoms with Gasteiger partial charge in [-0.1, -0.05) is 19.1 Å². The second-order valence-corrected chi connectivity index (χ2v) is 9.85. The van der Waals surface area contributed by atoms with Gasteiger partial charge in [0.1, 0.15) is 0 Å². The number of nitrogens with zero attached hydrogens (tertiary/aromatic N) is 1. The van der Waals surface area contributed by atoms with Crippen molar-refractivity contribution in [3.63, 3.8) is 0 Å². The van der Waals surface area contributed by atoms with Crippen LogP contribution in [-0.2, 0) is 4.79 Å². The smallest absolute Gasteiger partial charge is 0.251 e. The number of benzene rings is 2. The first-order valence-corrected chi connectivity index (χ1v) is 10.8. The maximum Gasteiger partial charge on any atom is 0.251 e. The van der Waals surface area contributed by atoms with Crippen molar-refractivity contribution in [1.82, 2.24) is 5.32 Å². The Kier molecular flexibility index (Phi) is 6.52. The Morgan fingerprint density at radius 2 is 1.79 bits per heavy atom. The molecule has 1 aliphatic rings. The third-order valence-electron chi connectivity index (χ3n) is 4.62. The summed E-state index contributed by atoms with van der Waals surface area (Å²) in [5.74, 6) is -0.0605. The van der Waals surface area contributed by atoms with Crippen molar-refractivity contribution in [2.45, 2.75) is 49.8 Å². The highest BCUT2D eigenvalue weighted by Crippen LogP contribution is 2.37. The van der Waals surface area contributed by atoms with Gasteiger partial charge in [-0.2, -0.15) is 0 Å². The Morgan fingerprint density at radius 3 is 2.48 bits per heavy atom. The van der Waals surface area contributed by atoms with Gasteiger partial charge in [0.2, 0.25) is 5.91 Å². The number of carbonyl (C=O) groups is 2. The molecular formula is C23H29N3O2S. The van der Waals surface area contributed by atoms with Crippen LogP contribution in [0, 0.1) is 0 Å². The van der Waals surface area contributed by atoms with Gasteiger partial charge in [-0.15, -0.1) is 11.8 Å². The zero-order chi connectivity index (χ0) is 21.0. The molecule has 2 amide bonds. The molecule has 2 aromatic carbocycles. The number of rotatable bonds is 4. The molecule has 0 saturated heterocycles. The van der Waals surface area contributed by atoms with E-state index in [9.17, 15) is 9.59 Å². The van der Waals surface area contributed by atoms with Gasteiger partial charge >= 0.3 is 0 Å². The number of fused-ring (bicyclic) bond motifs is 1. The number of amides is 2. The summed E-state index contributed by atoms with van der Waals surface area (Å²) in [6.45, 7) is 8.98. The van der Waals surface area contributed by atoms with Crippen molar-refractivity contribution in [1.29, 1.82) is 0 Å². The first-order chi connectivity index (χ1) is 13.7. The lowest BCUT2D eigenvalue weighted by Crippen LogP contribution is -2.40. The lowest BCUT2D eigenvalue weighted by atomic mass is 10.1. The van der Waals surface area contributed by atoms with Crippen molar-refractivity contribution < 1.29 is 9.59 Å². The Labute approximate surface area is 177 Å². The van der Waals surface area contributed by atoms with Crippen LogP contribution >= 0.6 is 11.8 Å². The number of nitrogens with one attached hydrogen (secondary N) is 2. The molecule has 0 radical (unpaired) electrons. The van der Waals surface area contributed by atoms with E-state index in [1.165, 1.54) is 0 Å². The van der Waals surface area contributed by atoms with Crippen molar-refractivity contribution in [3.8, 4) is 0 Å². The SMILES string of the molecule is CC1CCN(C(=O)CNc2ccc(C(=O)NC(C)(C)C)cc2)c2ccccc2S1. The molecule has 1 aliphatic heterocycles. The maximum atomic E-state index is 12.9. The van der Waals surface area contributed by atoms with Crippen LogP contribution in [0.5, 0.6) is 0 Å². The first-order valence-electron chi connectivity index (χ1n) is 9.95. The molecule has 1 heterocycles. The summed E-state index contributed by atoms with van der Waals surface area (Å²) in [6, 6.07) is 15.3. The van der Waals surface area contributed by atoms with Gasteiger partial charge in [0.05, 0.1) is 12.2 Å². The first kappa shape index (κ1) is 21.2. The van der Waals surface area contributed by atoms with Crippen molar-refractivity contribution in [3.05, 3.63) is 54.1 Å². The largest absolute Gasteiger partial charge is 0.376 e. The van der Waals surface area contributed by atoms with Gasteiger partial charge in [-0.05, 0) is 63.6 Å². The molecule has 154 valence electrons. The van der Waals surface area contributed by atoms with Gasteiger partial charge in [-0.3, -0.25) is 9.59 Å². The zero-order valence-electron chi connectivity index (χ0n) is 17.5. The minimum absolute atomic E-state index is 0.0432. The molecule has 3 rings (SSSR count). The third-order valence-corrected chi connectivity index (χ3v) is 5.86. The Hall–Kier alpha value is -2.47. The normalized spacial score (nSPS) is 16.6. The molecule has 0 aromatic heterocycles. The van der Waals surface area contributed by atoms with Crippen molar-refractivity contribution >= 4 is 35.0 Å². The molecule has 6 heteroatoms. The molecule has 5 nitrogen and oxygen atoms in total. The molecule has 2 N–H and O–H groups in total. The van der Waals surface area contributed by atoms with Gasteiger partial charge in [-0.25, -0.2) is 0 Å². The van der Waals surface area contributed by atoms with E-state index in [4.69, 9.17) is 0 Å². The summed E-state index contributed by atoms with van der Waals surface area (Å²) < 4.78 is 0. The summed E-state index contributed by atoms with van der Waals surface area (Å²) in [5.41, 5.74) is 2.13. The van der Waals surface area contributed by atoms with Crippen LogP contribution in [0.1, 0.15) is 44.5 Å². The predicted octanol–water partition coefficient (Wildman–Crippen LogP) is 4.54. The molecule has 1 atom stereocenters. The molecular weight excluding hydrogens is 382 g/mol. The second-order valence-electron chi connectivity index (χ2n) is 8.37. The lowest BCUT2D eigenvalue weighted by Gasteiger charge is -2.23. The fourth-order valence-corrected chi connectivity index (χ4v) is 4.28. The maximum absolute atomic E-state index is 12.9.